The van der Waals surface area contributed by atoms with E-state index in [1.807, 2.05) is 0 Å². The number of aromatic nitrogens is 1. The van der Waals surface area contributed by atoms with Gasteiger partial charge in [-0.1, -0.05) is 5.16 Å². The molecule has 14 heteroatoms. The fourth-order valence-corrected chi connectivity index (χ4v) is 2.78. The zero-order valence-electron chi connectivity index (χ0n) is 13.1. The Morgan fingerprint density at radius 2 is 2.28 bits per heavy atom. The van der Waals surface area contributed by atoms with Crippen LogP contribution in [0.15, 0.2) is 10.5 Å². The average molecular weight is 393 g/mol. The second kappa shape index (κ2) is 7.30. The minimum Gasteiger partial charge on any atom is -0.398 e. The van der Waals surface area contributed by atoms with Gasteiger partial charge in [-0.15, -0.1) is 11.3 Å². The number of nitrogen functional groups attached to an aromatic ring is 1. The predicted octanol–water partition coefficient (Wildman–Crippen LogP) is -1.43. The minimum absolute atomic E-state index is 0.173. The molecule has 2 atom stereocenters. The Kier molecular flexibility index (Phi) is 5.56. The molecule has 1 aromatic heterocycles. The van der Waals surface area contributed by atoms with E-state index in [1.54, 1.807) is 0 Å². The second-order valence-corrected chi connectivity index (χ2v) is 7.17. The van der Waals surface area contributed by atoms with E-state index in [9.17, 15) is 18.0 Å². The van der Waals surface area contributed by atoms with Gasteiger partial charge in [0.1, 0.15) is 18.8 Å². The number of oxime groups is 1. The molecule has 1 fully saturated rings. The van der Waals surface area contributed by atoms with Gasteiger partial charge in [0, 0.05) is 5.38 Å². The molecule has 0 aromatic carbocycles. The molecular formula is C11H15N5O7S2. The Hall–Kier alpha value is -2.29. The molecule has 0 radical (unpaired) electrons. The maximum absolute atomic E-state index is 12.3. The second-order valence-electron chi connectivity index (χ2n) is 4.88. The van der Waals surface area contributed by atoms with Gasteiger partial charge in [0.15, 0.2) is 10.8 Å². The zero-order valence-corrected chi connectivity index (χ0v) is 14.7. The van der Waals surface area contributed by atoms with Crippen LogP contribution in [0.4, 0.5) is 5.13 Å². The lowest BCUT2D eigenvalue weighted by Gasteiger charge is -2.43. The number of β-lactam (4-membered cyclic amide) rings is 1. The summed E-state index contributed by atoms with van der Waals surface area (Å²) < 4.78 is 29.9. The number of nitrogens with zero attached hydrogens (tertiary/aromatic N) is 3. The number of rotatable bonds is 7. The fourth-order valence-electron chi connectivity index (χ4n) is 1.99. The van der Waals surface area contributed by atoms with Gasteiger partial charge in [-0.3, -0.25) is 19.0 Å². The lowest BCUT2D eigenvalue weighted by atomic mass is 10.00. The Balaban J connectivity index is 2.03. The van der Waals surface area contributed by atoms with Crippen LogP contribution in [0, 0.1) is 0 Å². The first kappa shape index (κ1) is 19.0. The van der Waals surface area contributed by atoms with Crippen LogP contribution in [0.5, 0.6) is 0 Å². The minimum atomic E-state index is -4.40. The van der Waals surface area contributed by atoms with E-state index in [2.05, 4.69) is 25.1 Å². The van der Waals surface area contributed by atoms with Crippen molar-refractivity contribution in [1.82, 2.24) is 15.4 Å². The van der Waals surface area contributed by atoms with Crippen molar-refractivity contribution in [3.63, 3.8) is 0 Å². The Bertz CT molecular complexity index is 805. The SMILES string of the molecule is CON=C(C(=O)N[C@@H]1C(=O)N(OCS(=O)(=O)O)[C@H]1C)c1csc(N)n1. The standard InChI is InChI=1S/C11H15N5O7S2/c1-5-7(10(18)16(5)23-4-25(19,20)21)14-9(17)8(15-22-2)6-3-24-11(12)13-6/h3,5,7H,4H2,1-2H3,(H2,12,13)(H,14,17)(H,19,20,21)/t5-,7-/m0/s1. The van der Waals surface area contributed by atoms with E-state index >= 15 is 0 Å². The molecule has 1 aliphatic heterocycles. The van der Waals surface area contributed by atoms with Gasteiger partial charge in [0.25, 0.3) is 21.9 Å². The molecule has 138 valence electrons. The van der Waals surface area contributed by atoms with Crippen LogP contribution in [0.1, 0.15) is 12.6 Å². The summed E-state index contributed by atoms with van der Waals surface area (Å²) in [6.45, 7) is 1.52. The van der Waals surface area contributed by atoms with E-state index in [0.29, 0.717) is 0 Å². The smallest absolute Gasteiger partial charge is 0.292 e. The van der Waals surface area contributed by atoms with Crippen molar-refractivity contribution in [2.45, 2.75) is 19.0 Å². The van der Waals surface area contributed by atoms with Gasteiger partial charge < -0.3 is 15.9 Å². The molecule has 0 bridgehead atoms. The molecule has 2 heterocycles. The molecule has 0 saturated carbocycles. The number of carbonyl (C=O) groups is 2. The van der Waals surface area contributed by atoms with E-state index < -0.39 is 40.0 Å². The van der Waals surface area contributed by atoms with Crippen LogP contribution in [0.25, 0.3) is 0 Å². The summed E-state index contributed by atoms with van der Waals surface area (Å²) in [5.41, 5.74) is 5.52. The number of nitrogens with one attached hydrogen (secondary N) is 1. The van der Waals surface area contributed by atoms with Crippen LogP contribution < -0.4 is 11.1 Å². The maximum atomic E-state index is 12.3. The Morgan fingerprint density at radius 3 is 2.76 bits per heavy atom. The Morgan fingerprint density at radius 1 is 1.60 bits per heavy atom. The summed E-state index contributed by atoms with van der Waals surface area (Å²) in [6.07, 6.45) is 0. The van der Waals surface area contributed by atoms with E-state index in [0.717, 1.165) is 16.4 Å². The molecule has 0 aliphatic carbocycles. The molecule has 1 aliphatic rings. The molecule has 1 aromatic rings. The number of amides is 2. The third kappa shape index (κ3) is 4.41. The van der Waals surface area contributed by atoms with Gasteiger partial charge in [-0.25, -0.2) is 10.0 Å². The van der Waals surface area contributed by atoms with Crippen molar-refractivity contribution in [1.29, 1.82) is 0 Å². The predicted molar refractivity (Wildman–Crippen MR) is 85.8 cm³/mol. The highest BCUT2D eigenvalue weighted by molar-refractivity contribution is 7.85. The first-order valence-corrected chi connectivity index (χ1v) is 9.17. The summed E-state index contributed by atoms with van der Waals surface area (Å²) in [6, 6.07) is -1.63. The van der Waals surface area contributed by atoms with Crippen molar-refractivity contribution < 1.29 is 32.2 Å². The number of hydrogen-bond donors (Lipinski definition) is 3. The zero-order chi connectivity index (χ0) is 18.8. The quantitative estimate of drug-likeness (QED) is 0.217. The summed E-state index contributed by atoms with van der Waals surface area (Å²) >= 11 is 1.10. The van der Waals surface area contributed by atoms with Crippen molar-refractivity contribution in [2.24, 2.45) is 5.16 Å². The van der Waals surface area contributed by atoms with E-state index in [4.69, 9.17) is 10.3 Å². The molecule has 2 rings (SSSR count). The van der Waals surface area contributed by atoms with Gasteiger partial charge in [-0.05, 0) is 6.92 Å². The summed E-state index contributed by atoms with van der Waals surface area (Å²) in [7, 11) is -3.15. The lowest BCUT2D eigenvalue weighted by Crippen LogP contribution is -2.70. The first-order valence-electron chi connectivity index (χ1n) is 6.68. The monoisotopic (exact) mass is 393 g/mol. The lowest BCUT2D eigenvalue weighted by molar-refractivity contribution is -0.224. The van der Waals surface area contributed by atoms with Gasteiger partial charge in [0.2, 0.25) is 5.94 Å². The third-order valence-electron chi connectivity index (χ3n) is 3.13. The van der Waals surface area contributed by atoms with E-state index in [1.165, 1.54) is 19.4 Å². The van der Waals surface area contributed by atoms with Gasteiger partial charge >= 0.3 is 0 Å². The van der Waals surface area contributed by atoms with Crippen LogP contribution in [0.2, 0.25) is 0 Å². The van der Waals surface area contributed by atoms with Crippen molar-refractivity contribution in [2.75, 3.05) is 18.8 Å². The number of nitrogens with two attached hydrogens (primary N) is 1. The molecule has 4 N–H and O–H groups in total. The van der Waals surface area contributed by atoms with Crippen molar-refractivity contribution in [3.05, 3.63) is 11.1 Å². The van der Waals surface area contributed by atoms with E-state index in [-0.39, 0.29) is 16.5 Å². The number of anilines is 1. The van der Waals surface area contributed by atoms with Crippen LogP contribution in [-0.2, 0) is 29.4 Å². The van der Waals surface area contributed by atoms with Crippen molar-refractivity contribution >= 4 is 44.1 Å². The normalized spacial score (nSPS) is 21.0. The summed E-state index contributed by atoms with van der Waals surface area (Å²) in [5, 5.41) is 8.48. The molecule has 1 saturated heterocycles. The van der Waals surface area contributed by atoms with Gasteiger partial charge in [0.05, 0.1) is 6.04 Å². The molecule has 12 nitrogen and oxygen atoms in total. The largest absolute Gasteiger partial charge is 0.398 e. The van der Waals surface area contributed by atoms with Gasteiger partial charge in [-0.2, -0.15) is 8.42 Å². The topological polar surface area (TPSA) is 174 Å². The number of hydroxylamine groups is 2. The summed E-state index contributed by atoms with van der Waals surface area (Å²) in [4.78, 5) is 37.5. The number of carbonyl (C=O) groups excluding carboxylic acids is 2. The highest BCUT2D eigenvalue weighted by Crippen LogP contribution is 2.21. The maximum Gasteiger partial charge on any atom is 0.292 e. The molecule has 0 unspecified atom stereocenters. The first-order chi connectivity index (χ1) is 11.6. The average Bonchev–Trinajstić information content (AvgIpc) is 2.95. The molecule has 25 heavy (non-hydrogen) atoms. The molecule has 0 spiro atoms. The van der Waals surface area contributed by atoms with Crippen molar-refractivity contribution in [3.8, 4) is 0 Å². The Labute approximate surface area is 146 Å². The van der Waals surface area contributed by atoms with Crippen LogP contribution in [0.3, 0.4) is 0 Å². The van der Waals surface area contributed by atoms with Crippen LogP contribution in [-0.4, -0.2) is 65.7 Å². The third-order valence-corrected chi connectivity index (χ3v) is 4.20. The molecule has 2 amide bonds. The number of thiazole rings is 1. The summed E-state index contributed by atoms with van der Waals surface area (Å²) in [5.74, 6) is -2.48. The molecular weight excluding hydrogens is 378 g/mol. The highest BCUT2D eigenvalue weighted by atomic mass is 32.2. The fraction of sp³-hybridized carbons (Fsp3) is 0.455. The highest BCUT2D eigenvalue weighted by Gasteiger charge is 2.47. The van der Waals surface area contributed by atoms with Crippen LogP contribution >= 0.6 is 11.3 Å². The number of hydrogen-bond acceptors (Lipinski definition) is 10.